The zero-order valence-corrected chi connectivity index (χ0v) is 22.8. The van der Waals surface area contributed by atoms with Crippen LogP contribution in [0, 0.1) is 23.5 Å². The highest BCUT2D eigenvalue weighted by atomic mass is 19.1. The molecule has 2 N–H and O–H groups in total. The Hall–Kier alpha value is -4.53. The van der Waals surface area contributed by atoms with Crippen LogP contribution in [0.25, 0.3) is 33.4 Å². The van der Waals surface area contributed by atoms with E-state index >= 15 is 0 Å². The summed E-state index contributed by atoms with van der Waals surface area (Å²) in [6, 6.07) is 13.1. The zero-order chi connectivity index (χ0) is 29.1. The van der Waals surface area contributed by atoms with Gasteiger partial charge in [-0.2, -0.15) is 0 Å². The Bertz CT molecular complexity index is 1720. The lowest BCUT2D eigenvalue weighted by molar-refractivity contribution is -0.139. The van der Waals surface area contributed by atoms with Gasteiger partial charge in [-0.3, -0.25) is 14.4 Å². The summed E-state index contributed by atoms with van der Waals surface area (Å²) >= 11 is 0. The molecule has 7 nitrogen and oxygen atoms in total. The number of esters is 1. The molecule has 3 aliphatic carbocycles. The Balaban J connectivity index is 1.50. The molecule has 1 heterocycles. The summed E-state index contributed by atoms with van der Waals surface area (Å²) in [6.45, 7) is 2.09. The Morgan fingerprint density at radius 1 is 1.00 bits per heavy atom. The number of hydrogen-bond donors (Lipinski definition) is 2. The van der Waals surface area contributed by atoms with Gasteiger partial charge in [0.2, 0.25) is 0 Å². The van der Waals surface area contributed by atoms with E-state index in [1.54, 1.807) is 12.1 Å². The van der Waals surface area contributed by atoms with E-state index in [4.69, 9.17) is 9.15 Å². The highest BCUT2D eigenvalue weighted by Crippen LogP contribution is 2.61. The van der Waals surface area contributed by atoms with Gasteiger partial charge in [0.1, 0.15) is 23.0 Å². The molecule has 2 bridgehead atoms. The molecular weight excluding hydrogens is 530 g/mol. The summed E-state index contributed by atoms with van der Waals surface area (Å²) in [5.74, 6) is -1.32. The lowest BCUT2D eigenvalue weighted by atomic mass is 9.43. The van der Waals surface area contributed by atoms with E-state index in [1.807, 2.05) is 0 Å². The first kappa shape index (κ1) is 26.7. The van der Waals surface area contributed by atoms with Gasteiger partial charge < -0.3 is 19.8 Å². The van der Waals surface area contributed by atoms with Crippen molar-refractivity contribution >= 4 is 28.8 Å². The van der Waals surface area contributed by atoms with Crippen LogP contribution in [0.5, 0.6) is 0 Å². The number of ether oxygens (including phenoxy) is 1. The van der Waals surface area contributed by atoms with Gasteiger partial charge >= 0.3 is 5.97 Å². The highest BCUT2D eigenvalue weighted by Gasteiger charge is 2.63. The molecule has 9 heteroatoms. The number of rotatable bonds is 7. The number of amides is 2. The number of furan rings is 1. The predicted molar refractivity (Wildman–Crippen MR) is 148 cm³/mol. The van der Waals surface area contributed by atoms with Crippen molar-refractivity contribution in [3.63, 3.8) is 0 Å². The SMILES string of the molecule is CNC(=O)c1c(-c2ccc(F)cc2)oc2cc(CC(=O)OC)c(-c3ccc(F)c(C(=O)NC45CC(C4)C5C)c3)cc12. The normalized spacial score (nSPS) is 20.6. The maximum atomic E-state index is 15.0. The first-order valence-electron chi connectivity index (χ1n) is 13.4. The van der Waals surface area contributed by atoms with Crippen molar-refractivity contribution in [2.24, 2.45) is 11.8 Å². The van der Waals surface area contributed by atoms with Crippen molar-refractivity contribution < 1.29 is 32.3 Å². The fourth-order valence-corrected chi connectivity index (χ4v) is 6.09. The second-order valence-corrected chi connectivity index (χ2v) is 10.9. The minimum atomic E-state index is -0.658. The Morgan fingerprint density at radius 2 is 1.71 bits per heavy atom. The second-order valence-electron chi connectivity index (χ2n) is 10.9. The largest absolute Gasteiger partial charge is 0.469 e. The molecular formula is C32H28F2N2O5. The van der Waals surface area contributed by atoms with Crippen LogP contribution in [0.4, 0.5) is 8.78 Å². The second kappa shape index (κ2) is 9.83. The van der Waals surface area contributed by atoms with E-state index in [1.165, 1.54) is 56.6 Å². The van der Waals surface area contributed by atoms with Gasteiger partial charge in [-0.25, -0.2) is 8.78 Å². The topological polar surface area (TPSA) is 97.6 Å². The number of carbonyl (C=O) groups is 3. The van der Waals surface area contributed by atoms with Crippen LogP contribution in [0.15, 0.2) is 59.0 Å². The molecule has 2 amide bonds. The van der Waals surface area contributed by atoms with Crippen LogP contribution in [-0.4, -0.2) is 37.5 Å². The quantitative estimate of drug-likeness (QED) is 0.286. The molecule has 0 radical (unpaired) electrons. The Labute approximate surface area is 234 Å². The van der Waals surface area contributed by atoms with Crippen LogP contribution in [0.1, 0.15) is 46.0 Å². The summed E-state index contributed by atoms with van der Waals surface area (Å²) in [4.78, 5) is 38.6. The van der Waals surface area contributed by atoms with Crippen LogP contribution >= 0.6 is 0 Å². The summed E-state index contributed by atoms with van der Waals surface area (Å²) in [5.41, 5.74) is 2.15. The van der Waals surface area contributed by atoms with Gasteiger partial charge in [0.15, 0.2) is 0 Å². The van der Waals surface area contributed by atoms with Gasteiger partial charge in [-0.1, -0.05) is 13.0 Å². The molecule has 4 aromatic rings. The molecule has 1 atom stereocenters. The average molecular weight is 559 g/mol. The zero-order valence-electron chi connectivity index (χ0n) is 22.8. The van der Waals surface area contributed by atoms with Gasteiger partial charge in [0.05, 0.1) is 24.7 Å². The third-order valence-electron chi connectivity index (χ3n) is 8.75. The van der Waals surface area contributed by atoms with Crippen molar-refractivity contribution in [2.75, 3.05) is 14.2 Å². The summed E-state index contributed by atoms with van der Waals surface area (Å²) in [6.07, 6.45) is 1.67. The first-order valence-corrected chi connectivity index (χ1v) is 13.4. The fourth-order valence-electron chi connectivity index (χ4n) is 6.09. The fraction of sp³-hybridized carbons (Fsp3) is 0.281. The number of methoxy groups -OCH3 is 1. The molecule has 3 saturated carbocycles. The van der Waals surface area contributed by atoms with Gasteiger partial charge in [-0.05, 0) is 89.9 Å². The summed E-state index contributed by atoms with van der Waals surface area (Å²) in [7, 11) is 2.76. The molecule has 1 aromatic heterocycles. The van der Waals surface area contributed by atoms with E-state index in [-0.39, 0.29) is 28.8 Å². The number of halogens is 2. The lowest BCUT2D eigenvalue weighted by Gasteiger charge is -2.67. The molecule has 7 rings (SSSR count). The average Bonchev–Trinajstić information content (AvgIpc) is 3.33. The molecule has 3 fully saturated rings. The monoisotopic (exact) mass is 558 g/mol. The Kier molecular flexibility index (Phi) is 6.40. The van der Waals surface area contributed by atoms with Crippen molar-refractivity contribution in [1.82, 2.24) is 10.6 Å². The van der Waals surface area contributed by atoms with Crippen LogP contribution < -0.4 is 10.6 Å². The van der Waals surface area contributed by atoms with Crippen molar-refractivity contribution in [3.05, 3.63) is 82.9 Å². The van der Waals surface area contributed by atoms with Crippen molar-refractivity contribution in [1.29, 1.82) is 0 Å². The van der Waals surface area contributed by atoms with E-state index < -0.39 is 29.4 Å². The molecule has 3 aromatic carbocycles. The standard InChI is InChI=1S/C32H28F2N2O5/c1-16-20-14-32(16,15-20)36-30(38)23-10-18(6-9-25(23)34)22-13-24-26(11-19(22)12-27(37)40-3)41-29(28(24)31(39)35-2)17-4-7-21(33)8-5-17/h4-11,13,16,20H,12,14-15H2,1-3H3,(H,35,39)(H,36,38). The summed E-state index contributed by atoms with van der Waals surface area (Å²) in [5, 5.41) is 6.09. The van der Waals surface area contributed by atoms with E-state index in [0.29, 0.717) is 45.1 Å². The Morgan fingerprint density at radius 3 is 2.32 bits per heavy atom. The smallest absolute Gasteiger partial charge is 0.310 e. The minimum absolute atomic E-state index is 0.103. The minimum Gasteiger partial charge on any atom is -0.469 e. The number of nitrogens with one attached hydrogen (secondary N) is 2. The third kappa shape index (κ3) is 4.36. The number of carbonyl (C=O) groups excluding carboxylic acids is 3. The molecule has 0 spiro atoms. The van der Waals surface area contributed by atoms with Gasteiger partial charge in [-0.15, -0.1) is 0 Å². The maximum Gasteiger partial charge on any atom is 0.310 e. The number of benzene rings is 3. The molecule has 210 valence electrons. The van der Waals surface area contributed by atoms with Gasteiger partial charge in [0, 0.05) is 23.5 Å². The van der Waals surface area contributed by atoms with E-state index in [0.717, 1.165) is 12.8 Å². The van der Waals surface area contributed by atoms with Crippen molar-refractivity contribution in [3.8, 4) is 22.5 Å². The third-order valence-corrected chi connectivity index (χ3v) is 8.75. The van der Waals surface area contributed by atoms with E-state index in [9.17, 15) is 23.2 Å². The molecule has 1 unspecified atom stereocenters. The molecule has 3 aliphatic rings. The summed E-state index contributed by atoms with van der Waals surface area (Å²) < 4.78 is 39.6. The van der Waals surface area contributed by atoms with Crippen molar-refractivity contribution in [2.45, 2.75) is 31.7 Å². The van der Waals surface area contributed by atoms with Crippen LogP contribution in [-0.2, 0) is 16.0 Å². The van der Waals surface area contributed by atoms with Crippen LogP contribution in [0.2, 0.25) is 0 Å². The predicted octanol–water partition coefficient (Wildman–Crippen LogP) is 5.65. The number of hydrogen-bond acceptors (Lipinski definition) is 5. The molecule has 41 heavy (non-hydrogen) atoms. The molecule has 0 saturated heterocycles. The lowest BCUT2D eigenvalue weighted by Crippen LogP contribution is -2.74. The highest BCUT2D eigenvalue weighted by molar-refractivity contribution is 6.12. The first-order chi connectivity index (χ1) is 19.6. The van der Waals surface area contributed by atoms with E-state index in [2.05, 4.69) is 17.6 Å². The molecule has 0 aliphatic heterocycles. The van der Waals surface area contributed by atoms with Crippen LogP contribution in [0.3, 0.4) is 0 Å². The maximum absolute atomic E-state index is 15.0. The number of fused-ring (bicyclic) bond motifs is 1. The van der Waals surface area contributed by atoms with Gasteiger partial charge in [0.25, 0.3) is 11.8 Å².